The van der Waals surface area contributed by atoms with Crippen LogP contribution in [0.15, 0.2) is 24.3 Å². The van der Waals surface area contributed by atoms with E-state index < -0.39 is 0 Å². The number of ether oxygens (including phenoxy) is 1. The standard InChI is InChI=1S/C15H17ClN4O2/c16-12-8-4-3-7-11(12)14-18-15(20-19-14)17-13(21)9-22-10-5-1-2-6-10/h3-4,7-8,10H,1-2,5-6,9H2,(H2,17,18,19,20,21). The Morgan fingerprint density at radius 3 is 2.91 bits per heavy atom. The SMILES string of the molecule is O=C(COC1CCCC1)Nc1n[nH]c(-c2ccccc2Cl)n1. The molecule has 0 atom stereocenters. The maximum Gasteiger partial charge on any atom is 0.252 e. The number of aromatic nitrogens is 3. The normalized spacial score (nSPS) is 15.1. The Hall–Kier alpha value is -1.92. The van der Waals surface area contributed by atoms with E-state index in [9.17, 15) is 4.79 Å². The number of hydrogen-bond acceptors (Lipinski definition) is 4. The Bertz CT molecular complexity index is 652. The fourth-order valence-corrected chi connectivity index (χ4v) is 2.73. The van der Waals surface area contributed by atoms with Crippen LogP contribution in [0.4, 0.5) is 5.95 Å². The topological polar surface area (TPSA) is 79.9 Å². The Balaban J connectivity index is 1.57. The molecule has 116 valence electrons. The summed E-state index contributed by atoms with van der Waals surface area (Å²) in [5, 5.41) is 9.92. The highest BCUT2D eigenvalue weighted by Gasteiger charge is 2.17. The van der Waals surface area contributed by atoms with Crippen molar-refractivity contribution in [2.45, 2.75) is 31.8 Å². The number of benzene rings is 1. The lowest BCUT2D eigenvalue weighted by molar-refractivity contribution is -0.122. The maximum atomic E-state index is 11.8. The van der Waals surface area contributed by atoms with Gasteiger partial charge in [0.15, 0.2) is 5.82 Å². The van der Waals surface area contributed by atoms with Crippen LogP contribution in [0.2, 0.25) is 5.02 Å². The largest absolute Gasteiger partial charge is 0.368 e. The second-order valence-electron chi connectivity index (χ2n) is 5.25. The van der Waals surface area contributed by atoms with Gasteiger partial charge >= 0.3 is 0 Å². The first kappa shape index (κ1) is 15.0. The van der Waals surface area contributed by atoms with Crippen molar-refractivity contribution in [3.05, 3.63) is 29.3 Å². The number of nitrogens with zero attached hydrogens (tertiary/aromatic N) is 2. The number of aromatic amines is 1. The van der Waals surface area contributed by atoms with Gasteiger partial charge in [-0.1, -0.05) is 36.6 Å². The van der Waals surface area contributed by atoms with Crippen LogP contribution in [0.5, 0.6) is 0 Å². The van der Waals surface area contributed by atoms with E-state index in [4.69, 9.17) is 16.3 Å². The Kier molecular flexibility index (Phi) is 4.70. The number of carbonyl (C=O) groups is 1. The average molecular weight is 321 g/mol. The van der Waals surface area contributed by atoms with E-state index >= 15 is 0 Å². The summed E-state index contributed by atoms with van der Waals surface area (Å²) < 4.78 is 5.55. The number of carbonyl (C=O) groups excluding carboxylic acids is 1. The predicted molar refractivity (Wildman–Crippen MR) is 83.7 cm³/mol. The molecule has 2 N–H and O–H groups in total. The first-order valence-electron chi connectivity index (χ1n) is 7.31. The molecular formula is C15H17ClN4O2. The van der Waals surface area contributed by atoms with Gasteiger partial charge in [-0.2, -0.15) is 4.98 Å². The second kappa shape index (κ2) is 6.89. The van der Waals surface area contributed by atoms with Gasteiger partial charge in [-0.3, -0.25) is 15.2 Å². The van der Waals surface area contributed by atoms with Crippen molar-refractivity contribution < 1.29 is 9.53 Å². The summed E-state index contributed by atoms with van der Waals surface area (Å²) in [6.07, 6.45) is 4.62. The smallest absolute Gasteiger partial charge is 0.252 e. The van der Waals surface area contributed by atoms with Crippen LogP contribution in [-0.4, -0.2) is 33.8 Å². The van der Waals surface area contributed by atoms with E-state index in [2.05, 4.69) is 20.5 Å². The summed E-state index contributed by atoms with van der Waals surface area (Å²) in [5.74, 6) is 0.476. The molecule has 0 bridgehead atoms. The molecular weight excluding hydrogens is 304 g/mol. The van der Waals surface area contributed by atoms with Crippen molar-refractivity contribution in [2.24, 2.45) is 0 Å². The van der Waals surface area contributed by atoms with Crippen LogP contribution in [0.1, 0.15) is 25.7 Å². The molecule has 1 aromatic heterocycles. The third-order valence-electron chi connectivity index (χ3n) is 3.62. The second-order valence-corrected chi connectivity index (χ2v) is 5.66. The highest BCUT2D eigenvalue weighted by molar-refractivity contribution is 6.33. The van der Waals surface area contributed by atoms with Gasteiger partial charge in [0, 0.05) is 5.56 Å². The third kappa shape index (κ3) is 3.64. The lowest BCUT2D eigenvalue weighted by atomic mass is 10.2. The highest BCUT2D eigenvalue weighted by Crippen LogP contribution is 2.25. The van der Waals surface area contributed by atoms with E-state index in [1.165, 1.54) is 12.8 Å². The molecule has 1 aliphatic rings. The zero-order valence-corrected chi connectivity index (χ0v) is 12.8. The molecule has 1 fully saturated rings. The Labute approximate surface area is 133 Å². The number of amides is 1. The summed E-state index contributed by atoms with van der Waals surface area (Å²) in [6, 6.07) is 7.30. The highest BCUT2D eigenvalue weighted by atomic mass is 35.5. The lowest BCUT2D eigenvalue weighted by Gasteiger charge is -2.09. The minimum absolute atomic E-state index is 0.0284. The van der Waals surface area contributed by atoms with E-state index in [1.807, 2.05) is 18.2 Å². The first-order valence-corrected chi connectivity index (χ1v) is 7.69. The number of rotatable bonds is 5. The molecule has 0 radical (unpaired) electrons. The fourth-order valence-electron chi connectivity index (χ4n) is 2.50. The molecule has 0 unspecified atom stereocenters. The first-order chi connectivity index (χ1) is 10.7. The fraction of sp³-hybridized carbons (Fsp3) is 0.400. The third-order valence-corrected chi connectivity index (χ3v) is 3.95. The Morgan fingerprint density at radius 2 is 2.14 bits per heavy atom. The van der Waals surface area contributed by atoms with E-state index in [0.717, 1.165) is 18.4 Å². The zero-order chi connectivity index (χ0) is 15.4. The number of halogens is 1. The molecule has 1 heterocycles. The van der Waals surface area contributed by atoms with Crippen molar-refractivity contribution in [2.75, 3.05) is 11.9 Å². The van der Waals surface area contributed by atoms with Crippen LogP contribution >= 0.6 is 11.6 Å². The molecule has 0 aliphatic heterocycles. The molecule has 2 aromatic rings. The van der Waals surface area contributed by atoms with Crippen molar-refractivity contribution >= 4 is 23.5 Å². The van der Waals surface area contributed by atoms with Gasteiger partial charge in [0.1, 0.15) is 6.61 Å². The predicted octanol–water partition coefficient (Wildman–Crippen LogP) is 3.02. The van der Waals surface area contributed by atoms with Crippen LogP contribution in [0.3, 0.4) is 0 Å². The molecule has 7 heteroatoms. The van der Waals surface area contributed by atoms with E-state index in [-0.39, 0.29) is 24.6 Å². The van der Waals surface area contributed by atoms with Gasteiger partial charge in [-0.25, -0.2) is 0 Å². The molecule has 6 nitrogen and oxygen atoms in total. The van der Waals surface area contributed by atoms with Gasteiger partial charge in [-0.15, -0.1) is 5.10 Å². The van der Waals surface area contributed by atoms with Crippen LogP contribution in [0, 0.1) is 0 Å². The van der Waals surface area contributed by atoms with Crippen LogP contribution < -0.4 is 5.32 Å². The van der Waals surface area contributed by atoms with Gasteiger partial charge in [0.2, 0.25) is 5.95 Å². The summed E-state index contributed by atoms with van der Waals surface area (Å²) in [4.78, 5) is 16.0. The lowest BCUT2D eigenvalue weighted by Crippen LogP contribution is -2.22. The molecule has 3 rings (SSSR count). The van der Waals surface area contributed by atoms with E-state index in [0.29, 0.717) is 10.8 Å². The quantitative estimate of drug-likeness (QED) is 0.887. The van der Waals surface area contributed by atoms with Crippen LogP contribution in [0.25, 0.3) is 11.4 Å². The minimum Gasteiger partial charge on any atom is -0.368 e. The van der Waals surface area contributed by atoms with E-state index in [1.54, 1.807) is 6.07 Å². The Morgan fingerprint density at radius 1 is 1.36 bits per heavy atom. The molecule has 0 saturated heterocycles. The molecule has 1 aromatic carbocycles. The zero-order valence-electron chi connectivity index (χ0n) is 12.0. The van der Waals surface area contributed by atoms with Gasteiger partial charge in [0.25, 0.3) is 5.91 Å². The number of anilines is 1. The summed E-state index contributed by atoms with van der Waals surface area (Å²) in [6.45, 7) is 0.0284. The molecule has 1 aliphatic carbocycles. The van der Waals surface area contributed by atoms with Gasteiger partial charge < -0.3 is 4.74 Å². The van der Waals surface area contributed by atoms with Gasteiger partial charge in [0.05, 0.1) is 11.1 Å². The minimum atomic E-state index is -0.253. The van der Waals surface area contributed by atoms with Crippen molar-refractivity contribution in [3.8, 4) is 11.4 Å². The number of hydrogen-bond donors (Lipinski definition) is 2. The summed E-state index contributed by atoms with van der Waals surface area (Å²) in [5.41, 5.74) is 0.736. The van der Waals surface area contributed by atoms with Crippen molar-refractivity contribution in [3.63, 3.8) is 0 Å². The molecule has 22 heavy (non-hydrogen) atoms. The van der Waals surface area contributed by atoms with Crippen LogP contribution in [-0.2, 0) is 9.53 Å². The molecule has 0 spiro atoms. The summed E-state index contributed by atoms with van der Waals surface area (Å²) in [7, 11) is 0. The molecule has 1 amide bonds. The number of H-pyrrole nitrogens is 1. The van der Waals surface area contributed by atoms with Crippen molar-refractivity contribution in [1.82, 2.24) is 15.2 Å². The maximum absolute atomic E-state index is 11.8. The molecule has 1 saturated carbocycles. The average Bonchev–Trinajstić information content (AvgIpc) is 3.17. The van der Waals surface area contributed by atoms with Crippen molar-refractivity contribution in [1.29, 1.82) is 0 Å². The summed E-state index contributed by atoms with van der Waals surface area (Å²) >= 11 is 6.10. The number of nitrogens with one attached hydrogen (secondary N) is 2. The van der Waals surface area contributed by atoms with Gasteiger partial charge in [-0.05, 0) is 25.0 Å². The monoisotopic (exact) mass is 320 g/mol.